The summed E-state index contributed by atoms with van der Waals surface area (Å²) in [6.07, 6.45) is 0. The first-order chi connectivity index (χ1) is 9.39. The molecule has 1 aliphatic rings. The molecule has 1 rings (SSSR count). The molecule has 0 aromatic carbocycles. The summed E-state index contributed by atoms with van der Waals surface area (Å²) >= 11 is 0. The highest BCUT2D eigenvalue weighted by Crippen LogP contribution is 2.27. The zero-order valence-corrected chi connectivity index (χ0v) is 12.8. The van der Waals surface area contributed by atoms with E-state index in [9.17, 15) is 19.2 Å². The molecule has 1 heterocycles. The quantitative estimate of drug-likeness (QED) is 0.604. The van der Waals surface area contributed by atoms with Gasteiger partial charge in [-0.25, -0.2) is 9.69 Å². The molecule has 0 spiro atoms. The molecular weight excluding hydrogens is 280 g/mol. The lowest BCUT2D eigenvalue weighted by molar-refractivity contribution is -0.158. The molecule has 0 aliphatic carbocycles. The molecule has 0 atom stereocenters. The minimum Gasteiger partial charge on any atom is -0.480 e. The lowest BCUT2D eigenvalue weighted by Gasteiger charge is -2.25. The van der Waals surface area contributed by atoms with Gasteiger partial charge in [-0.1, -0.05) is 0 Å². The fourth-order valence-corrected chi connectivity index (χ4v) is 1.77. The van der Waals surface area contributed by atoms with Crippen molar-refractivity contribution in [2.75, 3.05) is 13.3 Å². The summed E-state index contributed by atoms with van der Waals surface area (Å²) in [6.45, 7) is 6.70. The van der Waals surface area contributed by atoms with E-state index in [0.29, 0.717) is 0 Å². The lowest BCUT2D eigenvalue weighted by Crippen LogP contribution is -2.46. The van der Waals surface area contributed by atoms with E-state index in [2.05, 4.69) is 0 Å². The predicted octanol–water partition coefficient (Wildman–Crippen LogP) is 0.661. The molecule has 0 bridgehead atoms. The highest BCUT2D eigenvalue weighted by molar-refractivity contribution is 6.07. The third kappa shape index (κ3) is 3.32. The second-order valence-corrected chi connectivity index (χ2v) is 6.37. The van der Waals surface area contributed by atoms with Crippen LogP contribution in [0.3, 0.4) is 0 Å². The van der Waals surface area contributed by atoms with Crippen molar-refractivity contribution < 1.29 is 29.0 Å². The molecule has 3 amide bonds. The van der Waals surface area contributed by atoms with Crippen LogP contribution in [0.2, 0.25) is 0 Å². The number of ether oxygens (including phenoxy) is 1. The molecule has 8 nitrogen and oxygen atoms in total. The molecule has 118 valence electrons. The number of carboxylic acids is 1. The van der Waals surface area contributed by atoms with Gasteiger partial charge in [-0.3, -0.25) is 19.3 Å². The van der Waals surface area contributed by atoms with Crippen LogP contribution in [0.15, 0.2) is 0 Å². The summed E-state index contributed by atoms with van der Waals surface area (Å²) < 4.78 is 4.95. The number of carbonyl (C=O) groups is 4. The normalized spacial score (nSPS) is 18.1. The zero-order valence-electron chi connectivity index (χ0n) is 12.8. The Hall–Kier alpha value is -2.12. The number of amides is 3. The molecule has 0 unspecified atom stereocenters. The summed E-state index contributed by atoms with van der Waals surface area (Å²) in [5.74, 6) is -2.38. The summed E-state index contributed by atoms with van der Waals surface area (Å²) in [5.41, 5.74) is -2.05. The maximum Gasteiger partial charge on any atom is 0.330 e. The second kappa shape index (κ2) is 5.34. The average Bonchev–Trinajstić information content (AvgIpc) is 2.47. The zero-order chi connectivity index (χ0) is 16.6. The maximum absolute atomic E-state index is 12.2. The van der Waals surface area contributed by atoms with Crippen molar-refractivity contribution >= 4 is 23.9 Å². The van der Waals surface area contributed by atoms with Crippen LogP contribution in [0.25, 0.3) is 0 Å². The van der Waals surface area contributed by atoms with Crippen molar-refractivity contribution in [3.05, 3.63) is 0 Å². The van der Waals surface area contributed by atoms with Crippen LogP contribution < -0.4 is 0 Å². The van der Waals surface area contributed by atoms with Gasteiger partial charge in [0, 0.05) is 0 Å². The molecular formula is C13H20N2O6. The topological polar surface area (TPSA) is 104 Å². The third-order valence-electron chi connectivity index (χ3n) is 3.14. The molecule has 0 radical (unpaired) electrons. The number of nitrogens with zero attached hydrogens (tertiary/aromatic N) is 2. The summed E-state index contributed by atoms with van der Waals surface area (Å²) in [7, 11) is 0. The van der Waals surface area contributed by atoms with E-state index in [-0.39, 0.29) is 0 Å². The molecule has 1 aliphatic heterocycles. The minimum absolute atomic E-state index is 0.521. The van der Waals surface area contributed by atoms with Gasteiger partial charge in [-0.05, 0) is 34.6 Å². The first-order valence-electron chi connectivity index (χ1n) is 6.41. The fourth-order valence-electron chi connectivity index (χ4n) is 1.77. The van der Waals surface area contributed by atoms with E-state index in [1.165, 1.54) is 13.8 Å². The van der Waals surface area contributed by atoms with Gasteiger partial charge in [0.05, 0.1) is 5.41 Å². The van der Waals surface area contributed by atoms with E-state index in [1.54, 1.807) is 20.8 Å². The van der Waals surface area contributed by atoms with E-state index < -0.39 is 48.1 Å². The molecule has 1 saturated heterocycles. The fraction of sp³-hybridized carbons (Fsp3) is 0.692. The number of hydrogen-bond donors (Lipinski definition) is 1. The van der Waals surface area contributed by atoms with Gasteiger partial charge in [-0.15, -0.1) is 0 Å². The molecule has 8 heteroatoms. The van der Waals surface area contributed by atoms with Gasteiger partial charge < -0.3 is 9.84 Å². The van der Waals surface area contributed by atoms with E-state index in [4.69, 9.17) is 9.84 Å². The number of carboxylic acid groups (broad SMARTS) is 1. The number of esters is 1. The Balaban J connectivity index is 2.86. The van der Waals surface area contributed by atoms with Gasteiger partial charge in [-0.2, -0.15) is 0 Å². The van der Waals surface area contributed by atoms with Crippen molar-refractivity contribution in [3.8, 4) is 0 Å². The number of imide groups is 1. The number of aliphatic carboxylic acids is 1. The van der Waals surface area contributed by atoms with E-state index >= 15 is 0 Å². The van der Waals surface area contributed by atoms with Gasteiger partial charge >= 0.3 is 18.0 Å². The van der Waals surface area contributed by atoms with Crippen LogP contribution >= 0.6 is 0 Å². The molecule has 21 heavy (non-hydrogen) atoms. The molecule has 0 saturated carbocycles. The first kappa shape index (κ1) is 16.9. The van der Waals surface area contributed by atoms with Crippen LogP contribution in [-0.4, -0.2) is 57.6 Å². The average molecular weight is 300 g/mol. The third-order valence-corrected chi connectivity index (χ3v) is 3.14. The standard InChI is InChI=1S/C13H20N2O6/c1-12(2,3)10(19)21-7-14-9(18)13(4,5)15(11(14)20)6-8(16)17/h6-7H2,1-5H3,(H,16,17). The summed E-state index contributed by atoms with van der Waals surface area (Å²) in [4.78, 5) is 48.4. The molecule has 0 aromatic heterocycles. The minimum atomic E-state index is -1.29. The second-order valence-electron chi connectivity index (χ2n) is 6.37. The first-order valence-corrected chi connectivity index (χ1v) is 6.41. The van der Waals surface area contributed by atoms with Gasteiger partial charge in [0.2, 0.25) is 0 Å². The molecule has 1 fully saturated rings. The maximum atomic E-state index is 12.2. The van der Waals surface area contributed by atoms with E-state index in [0.717, 1.165) is 9.80 Å². The van der Waals surface area contributed by atoms with Crippen LogP contribution in [0.1, 0.15) is 34.6 Å². The summed E-state index contributed by atoms with van der Waals surface area (Å²) in [6, 6.07) is -0.783. The SMILES string of the molecule is CC(C)(C)C(=O)OCN1C(=O)N(CC(=O)O)C(C)(C)C1=O. The van der Waals surface area contributed by atoms with Crippen molar-refractivity contribution in [1.82, 2.24) is 9.80 Å². The van der Waals surface area contributed by atoms with Crippen molar-refractivity contribution in [2.24, 2.45) is 5.41 Å². The monoisotopic (exact) mass is 300 g/mol. The van der Waals surface area contributed by atoms with Crippen molar-refractivity contribution in [1.29, 1.82) is 0 Å². The van der Waals surface area contributed by atoms with Crippen molar-refractivity contribution in [2.45, 2.75) is 40.2 Å². The predicted molar refractivity (Wildman–Crippen MR) is 71.1 cm³/mol. The van der Waals surface area contributed by atoms with E-state index in [1.807, 2.05) is 0 Å². The van der Waals surface area contributed by atoms with Gasteiger partial charge in [0.1, 0.15) is 12.1 Å². The van der Waals surface area contributed by atoms with Gasteiger partial charge in [0.15, 0.2) is 6.73 Å². The Bertz CT molecular complexity index is 491. The van der Waals surface area contributed by atoms with Crippen LogP contribution in [-0.2, 0) is 19.1 Å². The van der Waals surface area contributed by atoms with Gasteiger partial charge in [0.25, 0.3) is 5.91 Å². The Morgan fingerprint density at radius 2 is 1.76 bits per heavy atom. The van der Waals surface area contributed by atoms with Crippen molar-refractivity contribution in [3.63, 3.8) is 0 Å². The Morgan fingerprint density at radius 3 is 2.19 bits per heavy atom. The van der Waals surface area contributed by atoms with Crippen LogP contribution in [0.5, 0.6) is 0 Å². The number of hydrogen-bond acceptors (Lipinski definition) is 5. The highest BCUT2D eigenvalue weighted by atomic mass is 16.5. The smallest absolute Gasteiger partial charge is 0.330 e. The number of urea groups is 1. The Morgan fingerprint density at radius 1 is 1.24 bits per heavy atom. The number of carbonyl (C=O) groups excluding carboxylic acids is 3. The number of rotatable bonds is 4. The Kier molecular flexibility index (Phi) is 4.31. The largest absolute Gasteiger partial charge is 0.480 e. The molecule has 0 aromatic rings. The van der Waals surface area contributed by atoms with Crippen LogP contribution in [0.4, 0.5) is 4.79 Å². The molecule has 1 N–H and O–H groups in total. The summed E-state index contributed by atoms with van der Waals surface area (Å²) in [5, 5.41) is 8.81. The Labute approximate surface area is 122 Å². The highest BCUT2D eigenvalue weighted by Gasteiger charge is 2.52. The van der Waals surface area contributed by atoms with Crippen LogP contribution in [0, 0.1) is 5.41 Å². The lowest BCUT2D eigenvalue weighted by atomic mass is 9.98.